The van der Waals surface area contributed by atoms with Crippen molar-refractivity contribution in [3.63, 3.8) is 0 Å². The van der Waals surface area contributed by atoms with Crippen LogP contribution in [-0.2, 0) is 27.3 Å². The van der Waals surface area contributed by atoms with Crippen molar-refractivity contribution in [2.75, 3.05) is 19.7 Å². The number of carbonyl (C=O) groups is 3. The topological polar surface area (TPSA) is 119 Å². The monoisotopic (exact) mass is 725 g/mol. The number of carboxylic acids is 1. The molecule has 3 atom stereocenters. The van der Waals surface area contributed by atoms with Crippen LogP contribution in [-0.4, -0.2) is 81.7 Å². The summed E-state index contributed by atoms with van der Waals surface area (Å²) in [6.07, 6.45) is 0.641. The van der Waals surface area contributed by atoms with Crippen LogP contribution in [0.4, 0.5) is 13.2 Å². The molecule has 0 spiro atoms. The number of rotatable bonds is 14. The van der Waals surface area contributed by atoms with Crippen LogP contribution >= 0.6 is 11.6 Å². The number of benzene rings is 3. The molecule has 2 aliphatic heterocycles. The van der Waals surface area contributed by atoms with E-state index in [1.165, 1.54) is 0 Å². The molecule has 9 nitrogen and oxygen atoms in total. The zero-order valence-electron chi connectivity index (χ0n) is 27.8. The molecule has 6 rings (SSSR count). The average Bonchev–Trinajstić information content (AvgIpc) is 3.94. The van der Waals surface area contributed by atoms with Crippen molar-refractivity contribution in [2.45, 2.75) is 75.7 Å². The van der Waals surface area contributed by atoms with Crippen molar-refractivity contribution >= 4 is 35.0 Å². The molecule has 1 saturated carbocycles. The van der Waals surface area contributed by atoms with E-state index in [2.05, 4.69) is 5.32 Å². The quantitative estimate of drug-likeness (QED) is 0.148. The summed E-state index contributed by atoms with van der Waals surface area (Å²) in [7, 11) is 0. The molecule has 3 aromatic rings. The summed E-state index contributed by atoms with van der Waals surface area (Å²) in [5.41, 5.74) is 3.81. The van der Waals surface area contributed by atoms with Crippen LogP contribution in [0.1, 0.15) is 55.2 Å². The van der Waals surface area contributed by atoms with Gasteiger partial charge < -0.3 is 30.1 Å². The number of carbonyl (C=O) groups excluding carboxylic acids is 2. The summed E-state index contributed by atoms with van der Waals surface area (Å²) < 4.78 is 46.6. The summed E-state index contributed by atoms with van der Waals surface area (Å²) in [5.74, 6) is -6.11. The minimum Gasteiger partial charge on any atom is -0.488 e. The molecule has 270 valence electrons. The summed E-state index contributed by atoms with van der Waals surface area (Å²) in [5, 5.41) is 23.4. The van der Waals surface area contributed by atoms with E-state index in [9.17, 15) is 32.7 Å². The highest BCUT2D eigenvalue weighted by Crippen LogP contribution is 2.40. The largest absolute Gasteiger partial charge is 0.488 e. The lowest BCUT2D eigenvalue weighted by Crippen LogP contribution is -2.63. The number of fused-ring (bicyclic) bond motifs is 2. The van der Waals surface area contributed by atoms with Crippen molar-refractivity contribution in [2.24, 2.45) is 0 Å². The number of aryl methyl sites for hydroxylation is 1. The van der Waals surface area contributed by atoms with Gasteiger partial charge in [-0.1, -0.05) is 54.1 Å². The number of halogens is 4. The fraction of sp³-hybridized carbons (Fsp3) is 0.395. The number of hydrogen-bond acceptors (Lipinski definition) is 6. The summed E-state index contributed by atoms with van der Waals surface area (Å²) in [4.78, 5) is 43.2. The number of aliphatic hydroxyl groups excluding tert-OH is 1. The number of piperazine rings is 1. The molecule has 1 aliphatic carbocycles. The highest BCUT2D eigenvalue weighted by Gasteiger charge is 2.46. The Labute approximate surface area is 298 Å². The van der Waals surface area contributed by atoms with Crippen LogP contribution < -0.4 is 10.1 Å². The van der Waals surface area contributed by atoms with E-state index in [1.807, 2.05) is 47.4 Å². The molecule has 0 unspecified atom stereocenters. The van der Waals surface area contributed by atoms with Crippen LogP contribution in [0.3, 0.4) is 0 Å². The minimum absolute atomic E-state index is 0.0114. The second-order valence-electron chi connectivity index (χ2n) is 13.3. The van der Waals surface area contributed by atoms with Crippen LogP contribution in [0, 0.1) is 17.5 Å². The molecule has 2 fully saturated rings. The Kier molecular flexibility index (Phi) is 11.3. The SMILES string of the molecule is O=C(O)C[C@H](O)CC(=O)N1[C@H]2CNC[C@@H]1C(C(=O)N(Cc1ccccc1Cl)C1CC1)=C(c1ccc(CCCOc3c(F)ccc(F)c3F)cc1)C2. The molecular formula is C38H39ClF3N3O6. The van der Waals surface area contributed by atoms with Crippen LogP contribution in [0.5, 0.6) is 5.75 Å². The van der Waals surface area contributed by atoms with Crippen molar-refractivity contribution in [1.29, 1.82) is 0 Å². The van der Waals surface area contributed by atoms with Crippen molar-refractivity contribution in [3.05, 3.63) is 105 Å². The summed E-state index contributed by atoms with van der Waals surface area (Å²) >= 11 is 6.52. The van der Waals surface area contributed by atoms with E-state index in [0.717, 1.165) is 41.2 Å². The second-order valence-corrected chi connectivity index (χ2v) is 13.7. The first-order chi connectivity index (χ1) is 24.5. The Morgan fingerprint density at radius 2 is 1.71 bits per heavy atom. The first kappa shape index (κ1) is 36.4. The lowest BCUT2D eigenvalue weighted by molar-refractivity contribution is -0.142. The van der Waals surface area contributed by atoms with Gasteiger partial charge in [-0.15, -0.1) is 0 Å². The molecule has 2 amide bonds. The van der Waals surface area contributed by atoms with Gasteiger partial charge in [-0.3, -0.25) is 14.4 Å². The maximum absolute atomic E-state index is 14.8. The molecular weight excluding hydrogens is 687 g/mol. The van der Waals surface area contributed by atoms with E-state index >= 15 is 0 Å². The van der Waals surface area contributed by atoms with Gasteiger partial charge in [0.1, 0.15) is 0 Å². The number of nitrogens with one attached hydrogen (secondary N) is 1. The Hall–Kier alpha value is -4.39. The number of aliphatic carboxylic acids is 1. The predicted molar refractivity (Wildman–Crippen MR) is 183 cm³/mol. The van der Waals surface area contributed by atoms with Gasteiger partial charge >= 0.3 is 5.97 Å². The van der Waals surface area contributed by atoms with E-state index in [0.29, 0.717) is 55.6 Å². The molecule has 2 bridgehead atoms. The van der Waals surface area contributed by atoms with Crippen molar-refractivity contribution < 1.29 is 42.5 Å². The zero-order chi connectivity index (χ0) is 36.2. The van der Waals surface area contributed by atoms with Crippen molar-refractivity contribution in [1.82, 2.24) is 15.1 Å². The third kappa shape index (κ3) is 8.40. The molecule has 3 N–H and O–H groups in total. The highest BCUT2D eigenvalue weighted by atomic mass is 35.5. The molecule has 51 heavy (non-hydrogen) atoms. The fourth-order valence-electron chi connectivity index (χ4n) is 6.98. The van der Waals surface area contributed by atoms with Gasteiger partial charge in [0.25, 0.3) is 5.91 Å². The van der Waals surface area contributed by atoms with Gasteiger partial charge in [-0.25, -0.2) is 8.78 Å². The van der Waals surface area contributed by atoms with E-state index in [4.69, 9.17) is 21.4 Å². The Balaban J connectivity index is 1.27. The van der Waals surface area contributed by atoms with Gasteiger partial charge in [-0.2, -0.15) is 4.39 Å². The number of hydrogen-bond donors (Lipinski definition) is 3. The third-order valence-electron chi connectivity index (χ3n) is 9.59. The Bertz CT molecular complexity index is 1820. The van der Waals surface area contributed by atoms with Crippen LogP contribution in [0.15, 0.2) is 66.2 Å². The molecule has 3 aliphatic rings. The first-order valence-corrected chi connectivity index (χ1v) is 17.4. The minimum atomic E-state index is -1.37. The molecule has 0 aromatic heterocycles. The number of amides is 2. The van der Waals surface area contributed by atoms with Gasteiger partial charge in [0.2, 0.25) is 11.7 Å². The summed E-state index contributed by atoms with van der Waals surface area (Å²) in [6, 6.07) is 15.5. The van der Waals surface area contributed by atoms with Crippen molar-refractivity contribution in [3.8, 4) is 5.75 Å². The molecule has 13 heteroatoms. The van der Waals surface area contributed by atoms with E-state index < -0.39 is 53.6 Å². The molecule has 1 saturated heterocycles. The first-order valence-electron chi connectivity index (χ1n) is 17.1. The van der Waals surface area contributed by atoms with Gasteiger partial charge in [-0.05, 0) is 72.6 Å². The standard InChI is InChI=1S/C38H39ClF3N3O6/c39-29-6-2-1-5-24(29)21-44(25-11-12-25)38(50)35-28(16-26-19-43-20-32(35)45(26)33(47)17-27(46)18-34(48)49)23-9-7-22(8-10-23)4-3-15-51-37-31(41)14-13-30(40)36(37)42/h1-2,5-10,13-14,25-27,32,43,46H,3-4,11-12,15-21H2,(H,48,49)/t26-,27-,32-/m1/s1. The Morgan fingerprint density at radius 1 is 0.980 bits per heavy atom. The normalized spacial score (nSPS) is 19.1. The smallest absolute Gasteiger partial charge is 0.305 e. The van der Waals surface area contributed by atoms with E-state index in [1.54, 1.807) is 11.0 Å². The Morgan fingerprint density at radius 3 is 2.41 bits per heavy atom. The molecule has 2 heterocycles. The number of aliphatic hydroxyl groups is 1. The zero-order valence-corrected chi connectivity index (χ0v) is 28.6. The maximum atomic E-state index is 14.8. The fourth-order valence-corrected chi connectivity index (χ4v) is 7.18. The molecule has 0 radical (unpaired) electrons. The van der Waals surface area contributed by atoms with Gasteiger partial charge in [0.05, 0.1) is 31.6 Å². The lowest BCUT2D eigenvalue weighted by atomic mass is 9.81. The van der Waals surface area contributed by atoms with Crippen LogP contribution in [0.2, 0.25) is 5.02 Å². The predicted octanol–water partition coefficient (Wildman–Crippen LogP) is 5.51. The maximum Gasteiger partial charge on any atom is 0.305 e. The van der Waals surface area contributed by atoms with Gasteiger partial charge in [0, 0.05) is 42.3 Å². The second kappa shape index (κ2) is 15.9. The lowest BCUT2D eigenvalue weighted by Gasteiger charge is -2.48. The summed E-state index contributed by atoms with van der Waals surface area (Å²) in [6.45, 7) is 1.02. The van der Waals surface area contributed by atoms with E-state index in [-0.39, 0.29) is 31.0 Å². The molecule has 3 aromatic carbocycles. The average molecular weight is 726 g/mol. The highest BCUT2D eigenvalue weighted by molar-refractivity contribution is 6.31. The van der Waals surface area contributed by atoms with Crippen LogP contribution in [0.25, 0.3) is 5.57 Å². The van der Waals surface area contributed by atoms with Gasteiger partial charge in [0.15, 0.2) is 17.4 Å². The number of ether oxygens (including phenoxy) is 1. The number of nitrogens with zero attached hydrogens (tertiary/aromatic N) is 2. The number of carboxylic acid groups (broad SMARTS) is 1. The third-order valence-corrected chi connectivity index (χ3v) is 9.96.